The number of aliphatic imine (C=N–C) groups is 1. The zero-order valence-electron chi connectivity index (χ0n) is 13.6. The van der Waals surface area contributed by atoms with Gasteiger partial charge in [-0.1, -0.05) is 19.8 Å². The molecule has 6 nitrogen and oxygen atoms in total. The van der Waals surface area contributed by atoms with Crippen LogP contribution in [0.4, 0.5) is 0 Å². The molecule has 1 aromatic rings. The predicted octanol–water partition coefficient (Wildman–Crippen LogP) is 1.81. The summed E-state index contributed by atoms with van der Waals surface area (Å²) >= 11 is 0. The first kappa shape index (κ1) is 15.8. The lowest BCUT2D eigenvalue weighted by Gasteiger charge is -2.21. The van der Waals surface area contributed by atoms with E-state index in [0.717, 1.165) is 37.1 Å². The highest BCUT2D eigenvalue weighted by Gasteiger charge is 2.15. The molecule has 118 valence electrons. The molecule has 0 aliphatic carbocycles. The highest BCUT2D eigenvalue weighted by atomic mass is 15.3. The van der Waals surface area contributed by atoms with Crippen LogP contribution in [0.3, 0.4) is 0 Å². The van der Waals surface area contributed by atoms with Gasteiger partial charge in [-0.25, -0.2) is 0 Å². The third-order valence-electron chi connectivity index (χ3n) is 4.01. The van der Waals surface area contributed by atoms with Crippen molar-refractivity contribution in [3.63, 3.8) is 0 Å². The van der Waals surface area contributed by atoms with E-state index in [9.17, 15) is 0 Å². The van der Waals surface area contributed by atoms with Crippen molar-refractivity contribution in [2.75, 3.05) is 20.6 Å². The molecule has 0 fully saturated rings. The molecule has 0 unspecified atom stereocenters. The Bertz CT molecular complexity index is 465. The number of aryl methyl sites for hydroxylation is 1. The zero-order valence-corrected chi connectivity index (χ0v) is 13.6. The number of nitrogens with one attached hydrogen (secondary N) is 1. The number of rotatable bonds is 5. The minimum atomic E-state index is 0.691. The van der Waals surface area contributed by atoms with E-state index in [1.165, 1.54) is 32.1 Å². The van der Waals surface area contributed by atoms with Crippen LogP contribution in [0.2, 0.25) is 0 Å². The van der Waals surface area contributed by atoms with Crippen molar-refractivity contribution in [2.45, 2.75) is 58.5 Å². The molecule has 0 radical (unpaired) electrons. The fourth-order valence-electron chi connectivity index (χ4n) is 2.72. The van der Waals surface area contributed by atoms with Gasteiger partial charge in [0.15, 0.2) is 11.8 Å². The largest absolute Gasteiger partial charge is 0.349 e. The first-order valence-electron chi connectivity index (χ1n) is 8.09. The number of nitrogens with zero attached hydrogens (tertiary/aromatic N) is 5. The predicted molar refractivity (Wildman–Crippen MR) is 85.3 cm³/mol. The molecule has 1 aromatic heterocycles. The Morgan fingerprint density at radius 3 is 2.95 bits per heavy atom. The molecule has 6 heteroatoms. The summed E-state index contributed by atoms with van der Waals surface area (Å²) in [5.41, 5.74) is 0. The van der Waals surface area contributed by atoms with E-state index in [0.29, 0.717) is 6.54 Å². The van der Waals surface area contributed by atoms with Crippen LogP contribution in [0.5, 0.6) is 0 Å². The summed E-state index contributed by atoms with van der Waals surface area (Å²) in [6.07, 6.45) is 7.17. The highest BCUT2D eigenvalue weighted by Crippen LogP contribution is 2.14. The van der Waals surface area contributed by atoms with Gasteiger partial charge in [0.1, 0.15) is 5.82 Å². The van der Waals surface area contributed by atoms with Gasteiger partial charge in [0.05, 0.1) is 6.54 Å². The summed E-state index contributed by atoms with van der Waals surface area (Å²) < 4.78 is 2.28. The molecule has 1 N–H and O–H groups in total. The number of guanidine groups is 1. The topological polar surface area (TPSA) is 58.3 Å². The first-order valence-corrected chi connectivity index (χ1v) is 8.09. The zero-order chi connectivity index (χ0) is 15.1. The second kappa shape index (κ2) is 8.00. The quantitative estimate of drug-likeness (QED) is 0.664. The third-order valence-corrected chi connectivity index (χ3v) is 4.01. The van der Waals surface area contributed by atoms with E-state index >= 15 is 0 Å². The molecule has 21 heavy (non-hydrogen) atoms. The third kappa shape index (κ3) is 4.19. The van der Waals surface area contributed by atoms with E-state index in [2.05, 4.69) is 43.9 Å². The van der Waals surface area contributed by atoms with Crippen LogP contribution >= 0.6 is 0 Å². The summed E-state index contributed by atoms with van der Waals surface area (Å²) in [6.45, 7) is 4.96. The van der Waals surface area contributed by atoms with Crippen LogP contribution in [-0.2, 0) is 19.5 Å². The Hall–Kier alpha value is -1.59. The van der Waals surface area contributed by atoms with Crippen molar-refractivity contribution in [2.24, 2.45) is 4.99 Å². The molecular formula is C15H28N6. The van der Waals surface area contributed by atoms with Crippen LogP contribution < -0.4 is 5.32 Å². The maximum Gasteiger partial charge on any atom is 0.193 e. The number of hydrogen-bond acceptors (Lipinski definition) is 3. The van der Waals surface area contributed by atoms with Gasteiger partial charge in [-0.05, 0) is 19.3 Å². The Morgan fingerprint density at radius 1 is 1.33 bits per heavy atom. The van der Waals surface area contributed by atoms with Crippen molar-refractivity contribution in [1.82, 2.24) is 25.0 Å². The molecule has 0 atom stereocenters. The minimum Gasteiger partial charge on any atom is -0.349 e. The molecule has 0 aromatic carbocycles. The van der Waals surface area contributed by atoms with Gasteiger partial charge in [0.2, 0.25) is 0 Å². The van der Waals surface area contributed by atoms with E-state index < -0.39 is 0 Å². The Morgan fingerprint density at radius 2 is 2.19 bits per heavy atom. The van der Waals surface area contributed by atoms with Gasteiger partial charge < -0.3 is 14.8 Å². The Labute approximate surface area is 127 Å². The molecular weight excluding hydrogens is 264 g/mol. The molecule has 2 rings (SSSR count). The van der Waals surface area contributed by atoms with Crippen LogP contribution in [-0.4, -0.2) is 46.3 Å². The first-order chi connectivity index (χ1) is 10.3. The summed E-state index contributed by atoms with van der Waals surface area (Å²) in [4.78, 5) is 6.51. The lowest BCUT2D eigenvalue weighted by molar-refractivity contribution is 0.462. The highest BCUT2D eigenvalue weighted by molar-refractivity contribution is 5.79. The van der Waals surface area contributed by atoms with Crippen LogP contribution in [0.25, 0.3) is 0 Å². The Balaban J connectivity index is 1.94. The summed E-state index contributed by atoms with van der Waals surface area (Å²) in [6, 6.07) is 0. The van der Waals surface area contributed by atoms with Crippen LogP contribution in [0.15, 0.2) is 4.99 Å². The summed E-state index contributed by atoms with van der Waals surface area (Å²) in [7, 11) is 3.91. The second-order valence-corrected chi connectivity index (χ2v) is 5.67. The van der Waals surface area contributed by atoms with E-state index in [-0.39, 0.29) is 0 Å². The number of unbranched alkanes of at least 4 members (excludes halogenated alkanes) is 1. The van der Waals surface area contributed by atoms with Crippen molar-refractivity contribution in [3.8, 4) is 0 Å². The molecule has 1 aliphatic rings. The SMILES string of the molecule is CCCCN(C)C(=NC)NCc1nnc2n1CCCCC2. The molecule has 0 bridgehead atoms. The monoisotopic (exact) mass is 292 g/mol. The Kier molecular flexibility index (Phi) is 6.02. The van der Waals surface area contributed by atoms with Crippen molar-refractivity contribution >= 4 is 5.96 Å². The van der Waals surface area contributed by atoms with Gasteiger partial charge >= 0.3 is 0 Å². The maximum atomic E-state index is 4.34. The number of aromatic nitrogens is 3. The standard InChI is InChI=1S/C15H28N6/c1-4-5-10-20(3)15(16-2)17-12-14-19-18-13-9-7-6-8-11-21(13)14/h4-12H2,1-3H3,(H,16,17). The number of fused-ring (bicyclic) bond motifs is 1. The van der Waals surface area contributed by atoms with E-state index in [4.69, 9.17) is 0 Å². The average molecular weight is 292 g/mol. The van der Waals surface area contributed by atoms with Crippen molar-refractivity contribution in [3.05, 3.63) is 11.6 Å². The van der Waals surface area contributed by atoms with Crippen LogP contribution in [0, 0.1) is 0 Å². The molecule has 1 aliphatic heterocycles. The number of hydrogen-bond donors (Lipinski definition) is 1. The van der Waals surface area contributed by atoms with Gasteiger partial charge in [-0.2, -0.15) is 0 Å². The van der Waals surface area contributed by atoms with E-state index in [1.54, 1.807) is 0 Å². The summed E-state index contributed by atoms with van der Waals surface area (Å²) in [5, 5.41) is 12.1. The molecule has 0 amide bonds. The van der Waals surface area contributed by atoms with Crippen molar-refractivity contribution in [1.29, 1.82) is 0 Å². The van der Waals surface area contributed by atoms with Crippen molar-refractivity contribution < 1.29 is 0 Å². The second-order valence-electron chi connectivity index (χ2n) is 5.67. The lowest BCUT2D eigenvalue weighted by Crippen LogP contribution is -2.39. The smallest absolute Gasteiger partial charge is 0.193 e. The van der Waals surface area contributed by atoms with Gasteiger partial charge in [0.25, 0.3) is 0 Å². The van der Waals surface area contributed by atoms with Gasteiger partial charge in [0, 0.05) is 33.6 Å². The lowest BCUT2D eigenvalue weighted by atomic mass is 10.2. The fourth-order valence-corrected chi connectivity index (χ4v) is 2.72. The van der Waals surface area contributed by atoms with E-state index in [1.807, 2.05) is 7.05 Å². The fraction of sp³-hybridized carbons (Fsp3) is 0.800. The molecule has 2 heterocycles. The molecule has 0 saturated heterocycles. The normalized spacial score (nSPS) is 15.5. The summed E-state index contributed by atoms with van der Waals surface area (Å²) in [5.74, 6) is 3.09. The minimum absolute atomic E-state index is 0.691. The maximum absolute atomic E-state index is 4.34. The average Bonchev–Trinajstić information content (AvgIpc) is 2.73. The molecule has 0 saturated carbocycles. The molecule has 0 spiro atoms. The van der Waals surface area contributed by atoms with Crippen LogP contribution in [0.1, 0.15) is 50.7 Å². The van der Waals surface area contributed by atoms with Gasteiger partial charge in [-0.3, -0.25) is 4.99 Å². The van der Waals surface area contributed by atoms with Gasteiger partial charge in [-0.15, -0.1) is 10.2 Å².